The molecule has 7 heteroatoms. The number of oxime groups is 1. The van der Waals surface area contributed by atoms with E-state index in [4.69, 9.17) is 10.9 Å². The molecule has 0 saturated carbocycles. The Kier molecular flexibility index (Phi) is 4.26. The predicted octanol–water partition coefficient (Wildman–Crippen LogP) is 1.64. The maximum atomic E-state index is 14.3. The van der Waals surface area contributed by atoms with Crippen molar-refractivity contribution in [2.75, 3.05) is 18.0 Å². The molecule has 2 rings (SSSR count). The van der Waals surface area contributed by atoms with Crippen molar-refractivity contribution in [3.05, 3.63) is 28.0 Å². The summed E-state index contributed by atoms with van der Waals surface area (Å²) in [6.07, 6.45) is 1.12. The zero-order valence-corrected chi connectivity index (χ0v) is 11.8. The van der Waals surface area contributed by atoms with Gasteiger partial charge < -0.3 is 20.9 Å². The van der Waals surface area contributed by atoms with Crippen molar-refractivity contribution < 1.29 is 14.7 Å². The summed E-state index contributed by atoms with van der Waals surface area (Å²) >= 11 is 3.12. The number of β-amino-alcohol motifs (C(OH)–C–C–N with tert-alkyl or cyclic N) is 1. The Morgan fingerprint density at radius 1 is 1.53 bits per heavy atom. The van der Waals surface area contributed by atoms with Crippen molar-refractivity contribution >= 4 is 27.5 Å². The van der Waals surface area contributed by atoms with Crippen molar-refractivity contribution in [3.8, 4) is 0 Å². The molecule has 19 heavy (non-hydrogen) atoms. The van der Waals surface area contributed by atoms with Gasteiger partial charge in [-0.15, -0.1) is 0 Å². The third kappa shape index (κ3) is 2.82. The Hall–Kier alpha value is -1.34. The van der Waals surface area contributed by atoms with Gasteiger partial charge in [-0.3, -0.25) is 0 Å². The van der Waals surface area contributed by atoms with Crippen LogP contribution in [0.1, 0.15) is 18.4 Å². The highest BCUT2D eigenvalue weighted by atomic mass is 79.9. The number of halogens is 2. The lowest BCUT2D eigenvalue weighted by Crippen LogP contribution is -2.38. The zero-order valence-electron chi connectivity index (χ0n) is 10.2. The van der Waals surface area contributed by atoms with E-state index in [1.54, 1.807) is 17.0 Å². The van der Waals surface area contributed by atoms with Gasteiger partial charge in [-0.2, -0.15) is 0 Å². The van der Waals surface area contributed by atoms with Crippen LogP contribution in [0.3, 0.4) is 0 Å². The van der Waals surface area contributed by atoms with Gasteiger partial charge in [0.1, 0.15) is 0 Å². The van der Waals surface area contributed by atoms with Gasteiger partial charge in [-0.1, -0.05) is 5.16 Å². The molecular formula is C12H15BrFN3O2. The summed E-state index contributed by atoms with van der Waals surface area (Å²) < 4.78 is 14.5. The minimum Gasteiger partial charge on any atom is -0.409 e. The number of amidine groups is 1. The number of anilines is 1. The van der Waals surface area contributed by atoms with Crippen LogP contribution in [0.15, 0.2) is 21.8 Å². The maximum absolute atomic E-state index is 14.3. The number of hydrogen-bond acceptors (Lipinski definition) is 4. The summed E-state index contributed by atoms with van der Waals surface area (Å²) in [6, 6.07) is 3.16. The van der Waals surface area contributed by atoms with Gasteiger partial charge in [0.15, 0.2) is 11.7 Å². The van der Waals surface area contributed by atoms with Gasteiger partial charge in [-0.05, 0) is 40.9 Å². The van der Waals surface area contributed by atoms with Crippen LogP contribution in [-0.4, -0.2) is 35.3 Å². The summed E-state index contributed by atoms with van der Waals surface area (Å²) in [7, 11) is 0. The predicted molar refractivity (Wildman–Crippen MR) is 74.1 cm³/mol. The second-order valence-electron chi connectivity index (χ2n) is 4.49. The fourth-order valence-corrected chi connectivity index (χ4v) is 2.75. The molecule has 0 radical (unpaired) electrons. The summed E-state index contributed by atoms with van der Waals surface area (Å²) in [5.74, 6) is -0.630. The number of nitrogens with two attached hydrogens (primary N) is 1. The molecule has 1 aromatic rings. The standard InChI is InChI=1S/C12H15BrFN3O2/c13-10-8(12(15)16-19)3-4-9(11(10)14)17-5-1-2-7(18)6-17/h3-4,7,18-19H,1-2,5-6H2,(H2,15,16). The Bertz CT molecular complexity index is 510. The minimum absolute atomic E-state index is 0.153. The SMILES string of the molecule is N/C(=N/O)c1ccc(N2CCCC(O)C2)c(F)c1Br. The number of benzene rings is 1. The summed E-state index contributed by atoms with van der Waals surface area (Å²) in [5, 5.41) is 21.1. The van der Waals surface area contributed by atoms with E-state index in [1.807, 2.05) is 0 Å². The molecule has 1 fully saturated rings. The van der Waals surface area contributed by atoms with Crippen LogP contribution in [0.2, 0.25) is 0 Å². The number of piperidine rings is 1. The molecule has 4 N–H and O–H groups in total. The highest BCUT2D eigenvalue weighted by Crippen LogP contribution is 2.31. The molecule has 1 aromatic carbocycles. The van der Waals surface area contributed by atoms with Gasteiger partial charge in [0, 0.05) is 18.7 Å². The highest BCUT2D eigenvalue weighted by molar-refractivity contribution is 9.10. The largest absolute Gasteiger partial charge is 0.409 e. The van der Waals surface area contributed by atoms with E-state index in [2.05, 4.69) is 21.1 Å². The quantitative estimate of drug-likeness (QED) is 0.333. The van der Waals surface area contributed by atoms with Crippen LogP contribution in [0.25, 0.3) is 0 Å². The molecule has 1 aliphatic heterocycles. The molecule has 1 aliphatic rings. The number of rotatable bonds is 2. The van der Waals surface area contributed by atoms with Crippen LogP contribution in [-0.2, 0) is 0 Å². The first kappa shape index (κ1) is 14.1. The van der Waals surface area contributed by atoms with Crippen LogP contribution in [0.4, 0.5) is 10.1 Å². The average Bonchev–Trinajstić information content (AvgIpc) is 2.41. The molecule has 0 aliphatic carbocycles. The van der Waals surface area contributed by atoms with E-state index in [9.17, 15) is 9.50 Å². The van der Waals surface area contributed by atoms with Crippen molar-refractivity contribution in [2.45, 2.75) is 18.9 Å². The van der Waals surface area contributed by atoms with Crippen LogP contribution in [0.5, 0.6) is 0 Å². The zero-order chi connectivity index (χ0) is 14.0. The van der Waals surface area contributed by atoms with E-state index < -0.39 is 11.9 Å². The normalized spacial score (nSPS) is 20.7. The minimum atomic E-state index is -0.474. The van der Waals surface area contributed by atoms with Gasteiger partial charge in [-0.25, -0.2) is 4.39 Å². The maximum Gasteiger partial charge on any atom is 0.171 e. The molecule has 1 heterocycles. The fraction of sp³-hybridized carbons (Fsp3) is 0.417. The summed E-state index contributed by atoms with van der Waals surface area (Å²) in [5.41, 5.74) is 6.16. The fourth-order valence-electron chi connectivity index (χ4n) is 2.21. The van der Waals surface area contributed by atoms with Gasteiger partial charge in [0.05, 0.1) is 16.3 Å². The molecule has 0 aromatic heterocycles. The molecule has 1 saturated heterocycles. The Morgan fingerprint density at radius 3 is 2.89 bits per heavy atom. The molecule has 104 valence electrons. The molecular weight excluding hydrogens is 317 g/mol. The van der Waals surface area contributed by atoms with E-state index in [0.717, 1.165) is 12.8 Å². The number of hydrogen-bond donors (Lipinski definition) is 3. The van der Waals surface area contributed by atoms with E-state index >= 15 is 0 Å². The average molecular weight is 332 g/mol. The molecule has 0 bridgehead atoms. The lowest BCUT2D eigenvalue weighted by atomic mass is 10.1. The van der Waals surface area contributed by atoms with Gasteiger partial charge in [0.2, 0.25) is 0 Å². The number of aliphatic hydroxyl groups excluding tert-OH is 1. The topological polar surface area (TPSA) is 82.1 Å². The van der Waals surface area contributed by atoms with Crippen LogP contribution in [0, 0.1) is 5.82 Å². The van der Waals surface area contributed by atoms with Gasteiger partial charge in [0.25, 0.3) is 0 Å². The number of nitrogens with zero attached hydrogens (tertiary/aromatic N) is 2. The van der Waals surface area contributed by atoms with Crippen molar-refractivity contribution in [3.63, 3.8) is 0 Å². The van der Waals surface area contributed by atoms with Gasteiger partial charge >= 0.3 is 0 Å². The number of aliphatic hydroxyl groups is 1. The third-order valence-corrected chi connectivity index (χ3v) is 3.96. The lowest BCUT2D eigenvalue weighted by Gasteiger charge is -2.32. The molecule has 1 atom stereocenters. The second kappa shape index (κ2) is 5.75. The van der Waals surface area contributed by atoms with Crippen molar-refractivity contribution in [2.24, 2.45) is 10.9 Å². The second-order valence-corrected chi connectivity index (χ2v) is 5.28. The van der Waals surface area contributed by atoms with Crippen molar-refractivity contribution in [1.29, 1.82) is 0 Å². The Balaban J connectivity index is 2.35. The molecule has 1 unspecified atom stereocenters. The Morgan fingerprint density at radius 2 is 2.26 bits per heavy atom. The first-order valence-electron chi connectivity index (χ1n) is 5.93. The van der Waals surface area contributed by atoms with E-state index in [1.165, 1.54) is 0 Å². The van der Waals surface area contributed by atoms with Crippen LogP contribution < -0.4 is 10.6 Å². The smallest absolute Gasteiger partial charge is 0.171 e. The Labute approximate surface area is 118 Å². The lowest BCUT2D eigenvalue weighted by molar-refractivity contribution is 0.154. The van der Waals surface area contributed by atoms with E-state index in [0.29, 0.717) is 24.3 Å². The third-order valence-electron chi connectivity index (χ3n) is 3.18. The first-order valence-corrected chi connectivity index (χ1v) is 6.72. The van der Waals surface area contributed by atoms with Crippen LogP contribution >= 0.6 is 15.9 Å². The monoisotopic (exact) mass is 331 g/mol. The molecule has 5 nitrogen and oxygen atoms in total. The van der Waals surface area contributed by atoms with Crippen molar-refractivity contribution in [1.82, 2.24) is 0 Å². The van der Waals surface area contributed by atoms with E-state index in [-0.39, 0.29) is 10.3 Å². The first-order chi connectivity index (χ1) is 9.04. The summed E-state index contributed by atoms with van der Waals surface area (Å²) in [4.78, 5) is 1.80. The molecule has 0 amide bonds. The molecule has 0 spiro atoms. The summed E-state index contributed by atoms with van der Waals surface area (Å²) in [6.45, 7) is 1.11. The highest BCUT2D eigenvalue weighted by Gasteiger charge is 2.23.